The Labute approximate surface area is 138 Å². The van der Waals surface area contributed by atoms with Gasteiger partial charge in [-0.05, 0) is 43.5 Å². The number of rotatable bonds is 3. The van der Waals surface area contributed by atoms with E-state index in [2.05, 4.69) is 5.32 Å². The molecular formula is C16H16ClNO3S. The Morgan fingerprint density at radius 2 is 2.23 bits per heavy atom. The van der Waals surface area contributed by atoms with Crippen molar-refractivity contribution in [1.82, 2.24) is 5.32 Å². The van der Waals surface area contributed by atoms with Crippen LogP contribution in [0.15, 0.2) is 23.1 Å². The number of esters is 1. The van der Waals surface area contributed by atoms with Crippen LogP contribution in [0.2, 0.25) is 5.02 Å². The fourth-order valence-electron chi connectivity index (χ4n) is 2.11. The smallest absolute Gasteiger partial charge is 0.314 e. The van der Waals surface area contributed by atoms with E-state index in [0.717, 1.165) is 23.3 Å². The molecule has 1 aliphatic carbocycles. The number of hydrogen-bond donors (Lipinski definition) is 1. The SMILES string of the molecule is CC1NCC(=O)S/C1=C\c1ccc(OC(=O)C2CC2)c(Cl)c1. The number of carbonyl (C=O) groups is 2. The van der Waals surface area contributed by atoms with E-state index in [9.17, 15) is 9.59 Å². The summed E-state index contributed by atoms with van der Waals surface area (Å²) in [6, 6.07) is 5.41. The van der Waals surface area contributed by atoms with E-state index in [0.29, 0.717) is 17.3 Å². The van der Waals surface area contributed by atoms with Crippen molar-refractivity contribution < 1.29 is 14.3 Å². The lowest BCUT2D eigenvalue weighted by Crippen LogP contribution is -2.36. The summed E-state index contributed by atoms with van der Waals surface area (Å²) in [6.07, 6.45) is 3.73. The van der Waals surface area contributed by atoms with Crippen LogP contribution in [0.25, 0.3) is 6.08 Å². The van der Waals surface area contributed by atoms with E-state index in [1.807, 2.05) is 19.1 Å². The molecular weight excluding hydrogens is 322 g/mol. The molecule has 1 aromatic rings. The van der Waals surface area contributed by atoms with Crippen molar-refractivity contribution in [3.05, 3.63) is 33.7 Å². The zero-order valence-electron chi connectivity index (χ0n) is 12.1. The zero-order valence-corrected chi connectivity index (χ0v) is 13.7. The summed E-state index contributed by atoms with van der Waals surface area (Å²) in [5.74, 6) is 0.216. The van der Waals surface area contributed by atoms with Gasteiger partial charge in [0.15, 0.2) is 0 Å². The summed E-state index contributed by atoms with van der Waals surface area (Å²) in [5, 5.41) is 3.63. The Kier molecular flexibility index (Phi) is 4.57. The lowest BCUT2D eigenvalue weighted by atomic mass is 10.1. The van der Waals surface area contributed by atoms with Crippen molar-refractivity contribution in [2.24, 2.45) is 5.92 Å². The third kappa shape index (κ3) is 3.72. The summed E-state index contributed by atoms with van der Waals surface area (Å²) in [6.45, 7) is 2.40. The topological polar surface area (TPSA) is 55.4 Å². The molecule has 1 heterocycles. The number of hydrogen-bond acceptors (Lipinski definition) is 5. The Hall–Kier alpha value is -1.30. The molecule has 1 aromatic carbocycles. The first-order valence-electron chi connectivity index (χ1n) is 7.20. The number of nitrogens with one attached hydrogen (secondary N) is 1. The van der Waals surface area contributed by atoms with Gasteiger partial charge >= 0.3 is 5.97 Å². The maximum atomic E-state index is 11.7. The van der Waals surface area contributed by atoms with E-state index in [4.69, 9.17) is 16.3 Å². The molecule has 1 N–H and O–H groups in total. The summed E-state index contributed by atoms with van der Waals surface area (Å²) >= 11 is 7.44. The van der Waals surface area contributed by atoms with E-state index in [1.54, 1.807) is 12.1 Å². The minimum absolute atomic E-state index is 0.0365. The maximum Gasteiger partial charge on any atom is 0.314 e. The first-order valence-corrected chi connectivity index (χ1v) is 8.39. The highest BCUT2D eigenvalue weighted by Crippen LogP contribution is 2.34. The van der Waals surface area contributed by atoms with Gasteiger partial charge in [-0.3, -0.25) is 9.59 Å². The summed E-state index contributed by atoms with van der Waals surface area (Å²) in [5.41, 5.74) is 0.877. The van der Waals surface area contributed by atoms with Crippen molar-refractivity contribution in [3.8, 4) is 5.75 Å². The lowest BCUT2D eigenvalue weighted by Gasteiger charge is -2.21. The van der Waals surface area contributed by atoms with Crippen LogP contribution in [0.3, 0.4) is 0 Å². The van der Waals surface area contributed by atoms with Gasteiger partial charge in [0.1, 0.15) is 5.75 Å². The molecule has 22 heavy (non-hydrogen) atoms. The second-order valence-electron chi connectivity index (χ2n) is 5.51. The minimum atomic E-state index is -0.209. The van der Waals surface area contributed by atoms with Crippen LogP contribution < -0.4 is 10.1 Å². The van der Waals surface area contributed by atoms with Crippen molar-refractivity contribution >= 4 is 40.5 Å². The molecule has 2 fully saturated rings. The van der Waals surface area contributed by atoms with Gasteiger partial charge < -0.3 is 10.1 Å². The Morgan fingerprint density at radius 3 is 2.91 bits per heavy atom. The molecule has 1 saturated heterocycles. The predicted molar refractivity (Wildman–Crippen MR) is 87.9 cm³/mol. The molecule has 0 bridgehead atoms. The normalized spacial score (nSPS) is 23.6. The van der Waals surface area contributed by atoms with E-state index >= 15 is 0 Å². The van der Waals surface area contributed by atoms with Crippen LogP contribution in [0.1, 0.15) is 25.3 Å². The van der Waals surface area contributed by atoms with Gasteiger partial charge in [-0.1, -0.05) is 29.4 Å². The van der Waals surface area contributed by atoms with Crippen LogP contribution in [0.4, 0.5) is 0 Å². The van der Waals surface area contributed by atoms with Crippen molar-refractivity contribution in [2.75, 3.05) is 6.54 Å². The van der Waals surface area contributed by atoms with E-state index in [1.165, 1.54) is 11.8 Å². The third-order valence-electron chi connectivity index (χ3n) is 3.60. The molecule has 0 radical (unpaired) electrons. The molecule has 0 spiro atoms. The molecule has 6 heteroatoms. The quantitative estimate of drug-likeness (QED) is 0.677. The molecule has 1 aliphatic heterocycles. The van der Waals surface area contributed by atoms with Crippen LogP contribution in [0.5, 0.6) is 5.75 Å². The molecule has 1 atom stereocenters. The largest absolute Gasteiger partial charge is 0.425 e. The van der Waals surface area contributed by atoms with Crippen LogP contribution >= 0.6 is 23.4 Å². The molecule has 3 rings (SSSR count). The monoisotopic (exact) mass is 337 g/mol. The number of thioether (sulfide) groups is 1. The molecule has 0 amide bonds. The molecule has 116 valence electrons. The van der Waals surface area contributed by atoms with Gasteiger partial charge in [0, 0.05) is 10.9 Å². The molecule has 4 nitrogen and oxygen atoms in total. The van der Waals surface area contributed by atoms with E-state index in [-0.39, 0.29) is 23.0 Å². The van der Waals surface area contributed by atoms with Crippen molar-refractivity contribution in [2.45, 2.75) is 25.8 Å². The second kappa shape index (κ2) is 6.44. The van der Waals surface area contributed by atoms with E-state index < -0.39 is 0 Å². The first-order chi connectivity index (χ1) is 10.5. The molecule has 2 aliphatic rings. The van der Waals surface area contributed by atoms with Gasteiger partial charge in [0.05, 0.1) is 17.5 Å². The number of carbonyl (C=O) groups excluding carboxylic acids is 2. The maximum absolute atomic E-state index is 11.7. The number of benzene rings is 1. The Balaban J connectivity index is 1.76. The zero-order chi connectivity index (χ0) is 15.7. The fraction of sp³-hybridized carbons (Fsp3) is 0.375. The highest BCUT2D eigenvalue weighted by atomic mass is 35.5. The van der Waals surface area contributed by atoms with Gasteiger partial charge in [0.2, 0.25) is 5.12 Å². The molecule has 0 aromatic heterocycles. The van der Waals surface area contributed by atoms with Crippen molar-refractivity contribution in [1.29, 1.82) is 0 Å². The summed E-state index contributed by atoms with van der Waals surface area (Å²) < 4.78 is 5.29. The van der Waals surface area contributed by atoms with Gasteiger partial charge in [-0.25, -0.2) is 0 Å². The van der Waals surface area contributed by atoms with Crippen LogP contribution in [-0.4, -0.2) is 23.7 Å². The highest BCUT2D eigenvalue weighted by Gasteiger charge is 2.32. The minimum Gasteiger partial charge on any atom is -0.425 e. The Morgan fingerprint density at radius 1 is 1.45 bits per heavy atom. The van der Waals surface area contributed by atoms with Gasteiger partial charge in [-0.2, -0.15) is 0 Å². The third-order valence-corrected chi connectivity index (χ3v) is 4.97. The standard InChI is InChI=1S/C16H16ClNO3S/c1-9-14(22-15(19)8-18-9)7-10-2-5-13(12(17)6-10)21-16(20)11-3-4-11/h2,5-7,9,11,18H,3-4,8H2,1H3/b14-7-. The average Bonchev–Trinajstić information content (AvgIpc) is 3.30. The average molecular weight is 338 g/mol. The molecule has 1 unspecified atom stereocenters. The summed E-state index contributed by atoms with van der Waals surface area (Å²) in [4.78, 5) is 24.1. The Bertz CT molecular complexity index is 655. The predicted octanol–water partition coefficient (Wildman–Crippen LogP) is 3.25. The fourth-order valence-corrected chi connectivity index (χ4v) is 3.21. The van der Waals surface area contributed by atoms with Crippen LogP contribution in [-0.2, 0) is 9.59 Å². The van der Waals surface area contributed by atoms with Crippen LogP contribution in [0, 0.1) is 5.92 Å². The number of ether oxygens (including phenoxy) is 1. The van der Waals surface area contributed by atoms with Crippen molar-refractivity contribution in [3.63, 3.8) is 0 Å². The lowest BCUT2D eigenvalue weighted by molar-refractivity contribution is -0.135. The first kappa shape index (κ1) is 15.6. The second-order valence-corrected chi connectivity index (χ2v) is 7.05. The summed E-state index contributed by atoms with van der Waals surface area (Å²) in [7, 11) is 0. The molecule has 1 saturated carbocycles. The number of halogens is 1. The van der Waals surface area contributed by atoms with Gasteiger partial charge in [0.25, 0.3) is 0 Å². The highest BCUT2D eigenvalue weighted by molar-refractivity contribution is 8.17. The van der Waals surface area contributed by atoms with Gasteiger partial charge in [-0.15, -0.1) is 0 Å².